The van der Waals surface area contributed by atoms with Crippen molar-refractivity contribution in [3.05, 3.63) is 40.5 Å². The second-order valence-corrected chi connectivity index (χ2v) is 6.04. The van der Waals surface area contributed by atoms with Gasteiger partial charge in [0, 0.05) is 12.2 Å². The highest BCUT2D eigenvalue weighted by Crippen LogP contribution is 2.12. The summed E-state index contributed by atoms with van der Waals surface area (Å²) in [5.41, 5.74) is 0. The lowest BCUT2D eigenvalue weighted by Gasteiger charge is -2.16. The summed E-state index contributed by atoms with van der Waals surface area (Å²) in [6.07, 6.45) is 3.56. The zero-order valence-corrected chi connectivity index (χ0v) is 13.3. The molecule has 6 heteroatoms. The van der Waals surface area contributed by atoms with Crippen LogP contribution < -0.4 is 5.32 Å². The molecular weight excluding hydrogens is 322 g/mol. The smallest absolute Gasteiger partial charge is 0.287 e. The first-order valence-corrected chi connectivity index (χ1v) is 7.32. The highest BCUT2D eigenvalue weighted by molar-refractivity contribution is 9.10. The number of hydrogen-bond donors (Lipinski definition) is 1. The molecule has 0 fully saturated rings. The monoisotopic (exact) mass is 339 g/mol. The van der Waals surface area contributed by atoms with E-state index in [9.17, 15) is 4.79 Å². The van der Waals surface area contributed by atoms with Crippen LogP contribution in [0.15, 0.2) is 33.4 Å². The fourth-order valence-electron chi connectivity index (χ4n) is 1.61. The van der Waals surface area contributed by atoms with Gasteiger partial charge in [0.2, 0.25) is 0 Å². The van der Waals surface area contributed by atoms with Gasteiger partial charge in [0.15, 0.2) is 5.76 Å². The SMILES string of the molecule is CC(C)[C@@H](C)NC(=O)c1ccc(Cn2cc(Br)cn2)o1. The topological polar surface area (TPSA) is 60.1 Å². The molecule has 2 aromatic rings. The molecule has 0 aromatic carbocycles. The summed E-state index contributed by atoms with van der Waals surface area (Å²) >= 11 is 3.34. The van der Waals surface area contributed by atoms with Crippen molar-refractivity contribution in [2.24, 2.45) is 5.92 Å². The minimum absolute atomic E-state index is 0.109. The van der Waals surface area contributed by atoms with Crippen molar-refractivity contribution in [3.8, 4) is 0 Å². The van der Waals surface area contributed by atoms with E-state index in [0.29, 0.717) is 24.0 Å². The number of furan rings is 1. The normalized spacial score (nSPS) is 12.7. The van der Waals surface area contributed by atoms with Crippen LogP contribution in [0, 0.1) is 5.92 Å². The molecule has 0 spiro atoms. The van der Waals surface area contributed by atoms with Crippen LogP contribution in [0.1, 0.15) is 37.1 Å². The quantitative estimate of drug-likeness (QED) is 0.910. The van der Waals surface area contributed by atoms with E-state index in [0.717, 1.165) is 4.47 Å². The fraction of sp³-hybridized carbons (Fsp3) is 0.429. The predicted octanol–water partition coefficient (Wildman–Crippen LogP) is 3.06. The Labute approximate surface area is 126 Å². The van der Waals surface area contributed by atoms with Gasteiger partial charge in [-0.05, 0) is 40.9 Å². The third-order valence-corrected chi connectivity index (χ3v) is 3.57. The molecule has 0 saturated heterocycles. The van der Waals surface area contributed by atoms with Crippen LogP contribution in [0.25, 0.3) is 0 Å². The molecule has 0 saturated carbocycles. The molecule has 0 radical (unpaired) electrons. The zero-order chi connectivity index (χ0) is 14.7. The molecule has 1 N–H and O–H groups in total. The summed E-state index contributed by atoms with van der Waals surface area (Å²) in [6, 6.07) is 3.60. The lowest BCUT2D eigenvalue weighted by molar-refractivity contribution is 0.0900. The van der Waals surface area contributed by atoms with Crippen molar-refractivity contribution in [1.82, 2.24) is 15.1 Å². The number of aromatic nitrogens is 2. The number of carbonyl (C=O) groups is 1. The van der Waals surface area contributed by atoms with Crippen molar-refractivity contribution in [2.45, 2.75) is 33.4 Å². The van der Waals surface area contributed by atoms with Crippen molar-refractivity contribution in [2.75, 3.05) is 0 Å². The van der Waals surface area contributed by atoms with E-state index >= 15 is 0 Å². The lowest BCUT2D eigenvalue weighted by Crippen LogP contribution is -2.35. The Kier molecular flexibility index (Phi) is 4.65. The molecule has 0 aliphatic rings. The Balaban J connectivity index is 1.99. The first-order valence-electron chi connectivity index (χ1n) is 6.53. The molecule has 2 aromatic heterocycles. The van der Waals surface area contributed by atoms with Gasteiger partial charge in [-0.2, -0.15) is 5.10 Å². The average molecular weight is 340 g/mol. The van der Waals surface area contributed by atoms with Crippen molar-refractivity contribution < 1.29 is 9.21 Å². The third kappa shape index (κ3) is 3.72. The van der Waals surface area contributed by atoms with E-state index < -0.39 is 0 Å². The van der Waals surface area contributed by atoms with Crippen LogP contribution in [-0.4, -0.2) is 21.7 Å². The molecule has 1 amide bonds. The van der Waals surface area contributed by atoms with Crippen LogP contribution in [0.4, 0.5) is 0 Å². The number of nitrogens with zero attached hydrogens (tertiary/aromatic N) is 2. The van der Waals surface area contributed by atoms with Gasteiger partial charge < -0.3 is 9.73 Å². The molecule has 0 aliphatic carbocycles. The van der Waals surface area contributed by atoms with Crippen LogP contribution in [0.5, 0.6) is 0 Å². The maximum atomic E-state index is 12.0. The van der Waals surface area contributed by atoms with Gasteiger partial charge in [0.25, 0.3) is 5.91 Å². The first-order chi connectivity index (χ1) is 9.45. The van der Waals surface area contributed by atoms with E-state index in [1.165, 1.54) is 0 Å². The van der Waals surface area contributed by atoms with Crippen LogP contribution >= 0.6 is 15.9 Å². The predicted molar refractivity (Wildman–Crippen MR) is 79.5 cm³/mol. The van der Waals surface area contributed by atoms with E-state index in [4.69, 9.17) is 4.42 Å². The summed E-state index contributed by atoms with van der Waals surface area (Å²) in [6.45, 7) is 6.61. The van der Waals surface area contributed by atoms with Gasteiger partial charge >= 0.3 is 0 Å². The number of rotatable bonds is 5. The van der Waals surface area contributed by atoms with Crippen LogP contribution in [-0.2, 0) is 6.54 Å². The van der Waals surface area contributed by atoms with Crippen molar-refractivity contribution >= 4 is 21.8 Å². The van der Waals surface area contributed by atoms with Crippen LogP contribution in [0.3, 0.4) is 0 Å². The van der Waals surface area contributed by atoms with E-state index in [1.54, 1.807) is 23.0 Å². The molecule has 2 rings (SSSR count). The first kappa shape index (κ1) is 14.8. The summed E-state index contributed by atoms with van der Waals surface area (Å²) in [7, 11) is 0. The largest absolute Gasteiger partial charge is 0.454 e. The Hall–Kier alpha value is -1.56. The van der Waals surface area contributed by atoms with E-state index in [2.05, 4.69) is 40.2 Å². The van der Waals surface area contributed by atoms with Crippen molar-refractivity contribution in [1.29, 1.82) is 0 Å². The second-order valence-electron chi connectivity index (χ2n) is 5.13. The molecule has 0 aliphatic heterocycles. The van der Waals surface area contributed by atoms with E-state index in [-0.39, 0.29) is 11.9 Å². The molecule has 108 valence electrons. The van der Waals surface area contributed by atoms with Gasteiger partial charge in [-0.3, -0.25) is 9.48 Å². The van der Waals surface area contributed by atoms with Gasteiger partial charge in [0.05, 0.1) is 17.2 Å². The minimum atomic E-state index is -0.181. The highest BCUT2D eigenvalue weighted by atomic mass is 79.9. The number of amides is 1. The Bertz CT molecular complexity index is 589. The van der Waals surface area contributed by atoms with Gasteiger partial charge in [-0.25, -0.2) is 0 Å². The second kappa shape index (κ2) is 6.26. The molecule has 20 heavy (non-hydrogen) atoms. The molecule has 0 bridgehead atoms. The Morgan fingerprint density at radius 3 is 2.80 bits per heavy atom. The zero-order valence-electron chi connectivity index (χ0n) is 11.8. The minimum Gasteiger partial charge on any atom is -0.454 e. The van der Waals surface area contributed by atoms with E-state index in [1.807, 2.05) is 13.1 Å². The lowest BCUT2D eigenvalue weighted by atomic mass is 10.1. The summed E-state index contributed by atoms with van der Waals surface area (Å²) in [5.74, 6) is 1.23. The molecule has 1 atom stereocenters. The van der Waals surface area contributed by atoms with Crippen molar-refractivity contribution in [3.63, 3.8) is 0 Å². The third-order valence-electron chi connectivity index (χ3n) is 3.16. The van der Waals surface area contributed by atoms with Gasteiger partial charge in [-0.1, -0.05) is 13.8 Å². The summed E-state index contributed by atoms with van der Waals surface area (Å²) in [4.78, 5) is 12.0. The number of halogens is 1. The maximum Gasteiger partial charge on any atom is 0.287 e. The molecule has 2 heterocycles. The Morgan fingerprint density at radius 2 is 2.20 bits per heavy atom. The average Bonchev–Trinajstić information content (AvgIpc) is 2.99. The summed E-state index contributed by atoms with van der Waals surface area (Å²) in [5, 5.41) is 7.06. The molecule has 5 nitrogen and oxygen atoms in total. The standard InChI is InChI=1S/C14H18BrN3O2/c1-9(2)10(3)17-14(19)13-5-4-12(20-13)8-18-7-11(15)6-16-18/h4-7,9-10H,8H2,1-3H3,(H,17,19)/t10-/m1/s1. The number of carbonyl (C=O) groups excluding carboxylic acids is 1. The number of nitrogens with one attached hydrogen (secondary N) is 1. The Morgan fingerprint density at radius 1 is 1.45 bits per heavy atom. The molecular formula is C14H18BrN3O2. The van der Waals surface area contributed by atoms with Crippen LogP contribution in [0.2, 0.25) is 0 Å². The number of hydrogen-bond acceptors (Lipinski definition) is 3. The fourth-order valence-corrected chi connectivity index (χ4v) is 1.94. The molecule has 0 unspecified atom stereocenters. The summed E-state index contributed by atoms with van der Waals surface area (Å²) < 4.78 is 8.20. The highest BCUT2D eigenvalue weighted by Gasteiger charge is 2.15. The van der Waals surface area contributed by atoms with Gasteiger partial charge in [0.1, 0.15) is 5.76 Å². The van der Waals surface area contributed by atoms with Gasteiger partial charge in [-0.15, -0.1) is 0 Å². The maximum absolute atomic E-state index is 12.0.